The molecule has 12 heavy (non-hydrogen) atoms. The van der Waals surface area contributed by atoms with Gasteiger partial charge >= 0.3 is 0 Å². The SMILES string of the molecule is C.CCCCCOCNC1CC1. The summed E-state index contributed by atoms with van der Waals surface area (Å²) in [5.74, 6) is 0. The molecule has 1 rings (SSSR count). The molecular formula is C10H23NO. The summed E-state index contributed by atoms with van der Waals surface area (Å²) in [6, 6.07) is 0.779. The molecule has 0 radical (unpaired) electrons. The minimum absolute atomic E-state index is 0. The van der Waals surface area contributed by atoms with Gasteiger partial charge in [0, 0.05) is 12.6 Å². The van der Waals surface area contributed by atoms with Gasteiger partial charge in [-0.05, 0) is 19.3 Å². The maximum Gasteiger partial charge on any atom is 0.0967 e. The minimum atomic E-state index is 0. The maximum absolute atomic E-state index is 5.38. The first kappa shape index (κ1) is 11.9. The smallest absolute Gasteiger partial charge is 0.0967 e. The Morgan fingerprint density at radius 3 is 2.67 bits per heavy atom. The van der Waals surface area contributed by atoms with Crippen molar-refractivity contribution in [2.45, 2.75) is 52.5 Å². The molecule has 2 heteroatoms. The molecule has 0 spiro atoms. The van der Waals surface area contributed by atoms with E-state index < -0.39 is 0 Å². The summed E-state index contributed by atoms with van der Waals surface area (Å²) in [7, 11) is 0. The Balaban J connectivity index is 0.00000121. The van der Waals surface area contributed by atoms with Gasteiger partial charge in [-0.15, -0.1) is 0 Å². The van der Waals surface area contributed by atoms with Crippen molar-refractivity contribution >= 4 is 0 Å². The van der Waals surface area contributed by atoms with Gasteiger partial charge in [0.25, 0.3) is 0 Å². The van der Waals surface area contributed by atoms with Gasteiger partial charge in [0.1, 0.15) is 0 Å². The highest BCUT2D eigenvalue weighted by atomic mass is 16.5. The normalized spacial score (nSPS) is 15.8. The fourth-order valence-electron chi connectivity index (χ4n) is 0.991. The fourth-order valence-corrected chi connectivity index (χ4v) is 0.991. The van der Waals surface area contributed by atoms with Crippen molar-refractivity contribution in [3.8, 4) is 0 Å². The van der Waals surface area contributed by atoms with E-state index in [1.54, 1.807) is 0 Å². The summed E-state index contributed by atoms with van der Waals surface area (Å²) >= 11 is 0. The lowest BCUT2D eigenvalue weighted by atomic mass is 10.3. The quantitative estimate of drug-likeness (QED) is 0.472. The van der Waals surface area contributed by atoms with Crippen molar-refractivity contribution in [1.82, 2.24) is 5.32 Å². The molecule has 0 amide bonds. The van der Waals surface area contributed by atoms with Crippen LogP contribution in [0.15, 0.2) is 0 Å². The van der Waals surface area contributed by atoms with Crippen molar-refractivity contribution in [3.63, 3.8) is 0 Å². The molecule has 0 saturated heterocycles. The van der Waals surface area contributed by atoms with Crippen molar-refractivity contribution in [3.05, 3.63) is 0 Å². The summed E-state index contributed by atoms with van der Waals surface area (Å²) in [6.07, 6.45) is 6.47. The number of hydrogen-bond acceptors (Lipinski definition) is 2. The standard InChI is InChI=1S/C9H19NO.CH4/c1-2-3-4-7-11-8-10-9-5-6-9;/h9-10H,2-8H2,1H3;1H4. The van der Waals surface area contributed by atoms with E-state index in [2.05, 4.69) is 12.2 Å². The Labute approximate surface area is 76.7 Å². The van der Waals surface area contributed by atoms with Crippen molar-refractivity contribution in [2.24, 2.45) is 0 Å². The third-order valence-corrected chi connectivity index (χ3v) is 1.94. The predicted molar refractivity (Wildman–Crippen MR) is 53.2 cm³/mol. The van der Waals surface area contributed by atoms with Crippen LogP contribution in [0.1, 0.15) is 46.5 Å². The predicted octanol–water partition coefficient (Wildman–Crippen LogP) is 2.54. The van der Waals surface area contributed by atoms with Crippen LogP contribution in [0.25, 0.3) is 0 Å². The van der Waals surface area contributed by atoms with Crippen LogP contribution >= 0.6 is 0 Å². The van der Waals surface area contributed by atoms with E-state index in [9.17, 15) is 0 Å². The zero-order chi connectivity index (χ0) is 7.94. The molecule has 0 unspecified atom stereocenters. The summed E-state index contributed by atoms with van der Waals surface area (Å²) in [5.41, 5.74) is 0. The van der Waals surface area contributed by atoms with Crippen LogP contribution in [0.2, 0.25) is 0 Å². The molecule has 1 fully saturated rings. The lowest BCUT2D eigenvalue weighted by molar-refractivity contribution is 0.112. The first-order chi connectivity index (χ1) is 5.43. The molecule has 74 valence electrons. The van der Waals surface area contributed by atoms with Gasteiger partial charge in [0.05, 0.1) is 6.73 Å². The second-order valence-corrected chi connectivity index (χ2v) is 3.24. The molecule has 1 saturated carbocycles. The van der Waals surface area contributed by atoms with Crippen LogP contribution in [0.4, 0.5) is 0 Å². The van der Waals surface area contributed by atoms with E-state index in [0.29, 0.717) is 0 Å². The van der Waals surface area contributed by atoms with Gasteiger partial charge in [-0.1, -0.05) is 27.2 Å². The van der Waals surface area contributed by atoms with Gasteiger partial charge in [0.2, 0.25) is 0 Å². The lowest BCUT2D eigenvalue weighted by Gasteiger charge is -2.03. The van der Waals surface area contributed by atoms with E-state index in [1.807, 2.05) is 0 Å². The first-order valence-electron chi connectivity index (χ1n) is 4.74. The van der Waals surface area contributed by atoms with E-state index in [4.69, 9.17) is 4.74 Å². The average Bonchev–Trinajstić information content (AvgIpc) is 2.80. The molecule has 0 aromatic carbocycles. The molecule has 0 aromatic heterocycles. The van der Waals surface area contributed by atoms with Crippen molar-refractivity contribution in [2.75, 3.05) is 13.3 Å². The van der Waals surface area contributed by atoms with E-state index in [1.165, 1.54) is 32.1 Å². The van der Waals surface area contributed by atoms with Crippen LogP contribution in [0.3, 0.4) is 0 Å². The Morgan fingerprint density at radius 1 is 1.33 bits per heavy atom. The van der Waals surface area contributed by atoms with Gasteiger partial charge in [-0.3, -0.25) is 5.32 Å². The largest absolute Gasteiger partial charge is 0.366 e. The average molecular weight is 173 g/mol. The van der Waals surface area contributed by atoms with Crippen molar-refractivity contribution in [1.29, 1.82) is 0 Å². The van der Waals surface area contributed by atoms with Crippen LogP contribution in [0.5, 0.6) is 0 Å². The molecule has 0 aromatic rings. The van der Waals surface area contributed by atoms with E-state index in [0.717, 1.165) is 19.4 Å². The second kappa shape index (κ2) is 7.56. The van der Waals surface area contributed by atoms with E-state index >= 15 is 0 Å². The molecular weight excluding hydrogens is 150 g/mol. The highest BCUT2D eigenvalue weighted by molar-refractivity contribution is 4.79. The monoisotopic (exact) mass is 173 g/mol. The molecule has 1 N–H and O–H groups in total. The zero-order valence-corrected chi connectivity index (χ0v) is 7.44. The van der Waals surface area contributed by atoms with Crippen molar-refractivity contribution < 1.29 is 4.74 Å². The lowest BCUT2D eigenvalue weighted by Crippen LogP contribution is -2.20. The Hall–Kier alpha value is -0.0800. The van der Waals surface area contributed by atoms with Crippen LogP contribution in [0, 0.1) is 0 Å². The second-order valence-electron chi connectivity index (χ2n) is 3.24. The van der Waals surface area contributed by atoms with Crippen LogP contribution in [-0.4, -0.2) is 19.4 Å². The van der Waals surface area contributed by atoms with Gasteiger partial charge in [-0.2, -0.15) is 0 Å². The molecule has 0 atom stereocenters. The third-order valence-electron chi connectivity index (χ3n) is 1.94. The number of ether oxygens (including phenoxy) is 1. The highest BCUT2D eigenvalue weighted by Gasteiger charge is 2.19. The maximum atomic E-state index is 5.38. The number of unbranched alkanes of at least 4 members (excludes halogenated alkanes) is 2. The number of nitrogens with one attached hydrogen (secondary N) is 1. The number of rotatable bonds is 7. The molecule has 0 bridgehead atoms. The van der Waals surface area contributed by atoms with Gasteiger partial charge < -0.3 is 4.74 Å². The Bertz CT molecular complexity index is 91.8. The zero-order valence-electron chi connectivity index (χ0n) is 7.44. The molecule has 0 aliphatic heterocycles. The molecule has 1 aliphatic rings. The fraction of sp³-hybridized carbons (Fsp3) is 1.00. The van der Waals surface area contributed by atoms with E-state index in [-0.39, 0.29) is 7.43 Å². The Kier molecular flexibility index (Phi) is 7.51. The Morgan fingerprint density at radius 2 is 2.08 bits per heavy atom. The summed E-state index contributed by atoms with van der Waals surface area (Å²) < 4.78 is 5.38. The van der Waals surface area contributed by atoms with Crippen LogP contribution < -0.4 is 5.32 Å². The first-order valence-corrected chi connectivity index (χ1v) is 4.74. The minimum Gasteiger partial charge on any atom is -0.366 e. The summed E-state index contributed by atoms with van der Waals surface area (Å²) in [4.78, 5) is 0. The van der Waals surface area contributed by atoms with Gasteiger partial charge in [0.15, 0.2) is 0 Å². The highest BCUT2D eigenvalue weighted by Crippen LogP contribution is 2.17. The third kappa shape index (κ3) is 6.62. The topological polar surface area (TPSA) is 21.3 Å². The van der Waals surface area contributed by atoms with Gasteiger partial charge in [-0.25, -0.2) is 0 Å². The number of hydrogen-bond donors (Lipinski definition) is 1. The molecule has 0 heterocycles. The molecule has 2 nitrogen and oxygen atoms in total. The van der Waals surface area contributed by atoms with Crippen LogP contribution in [-0.2, 0) is 4.74 Å². The summed E-state index contributed by atoms with van der Waals surface area (Å²) in [6.45, 7) is 3.89. The summed E-state index contributed by atoms with van der Waals surface area (Å²) in [5, 5.41) is 3.31. The molecule has 1 aliphatic carbocycles.